The van der Waals surface area contributed by atoms with Gasteiger partial charge in [-0.25, -0.2) is 4.79 Å². The first-order valence-corrected chi connectivity index (χ1v) is 4.24. The van der Waals surface area contributed by atoms with Crippen LogP contribution in [0.1, 0.15) is 6.92 Å². The molecule has 0 aromatic rings. The summed E-state index contributed by atoms with van der Waals surface area (Å²) in [5.41, 5.74) is 0. The largest absolute Gasteiger partial charge is 0.487 e. The van der Waals surface area contributed by atoms with Crippen molar-refractivity contribution in [3.8, 4) is 0 Å². The molecule has 106 valence electrons. The van der Waals surface area contributed by atoms with Crippen LogP contribution in [0.4, 0.5) is 30.7 Å². The number of hydrogen-bond donors (Lipinski definition) is 0. The number of rotatable bonds is 5. The lowest BCUT2D eigenvalue weighted by Crippen LogP contribution is -2.54. The maximum absolute atomic E-state index is 12.5. The molecule has 0 aromatic carbocycles. The molecule has 0 aliphatic carbocycles. The lowest BCUT2D eigenvalue weighted by Gasteiger charge is -2.27. The number of esters is 1. The third-order valence-corrected chi connectivity index (χ3v) is 1.49. The Labute approximate surface area is 96.2 Å². The Balaban J connectivity index is 4.97. The average molecular weight is 284 g/mol. The zero-order valence-electron chi connectivity index (χ0n) is 8.78. The quantitative estimate of drug-likeness (QED) is 0.337. The third-order valence-electron chi connectivity index (χ3n) is 1.49. The SMILES string of the molecule is C=C(OCC)C(=O)OC(F)(F)C(F)(F)C(F)(F)F. The van der Waals surface area contributed by atoms with Gasteiger partial charge in [0.1, 0.15) is 0 Å². The first-order chi connectivity index (χ1) is 7.87. The lowest BCUT2D eigenvalue weighted by atomic mass is 10.3. The molecule has 10 heteroatoms. The third kappa shape index (κ3) is 3.26. The van der Waals surface area contributed by atoms with Gasteiger partial charge in [0.2, 0.25) is 0 Å². The van der Waals surface area contributed by atoms with Gasteiger partial charge in [0.15, 0.2) is 5.76 Å². The number of carbonyl (C=O) groups is 1. The fourth-order valence-corrected chi connectivity index (χ4v) is 0.636. The summed E-state index contributed by atoms with van der Waals surface area (Å²) in [5.74, 6) is -9.86. The number of halogens is 7. The Hall–Kier alpha value is -1.48. The first kappa shape index (κ1) is 16.5. The molecule has 0 spiro atoms. The van der Waals surface area contributed by atoms with E-state index in [0.29, 0.717) is 0 Å². The molecule has 0 bridgehead atoms. The van der Waals surface area contributed by atoms with Crippen LogP contribution in [0, 0.1) is 0 Å². The highest BCUT2D eigenvalue weighted by Crippen LogP contribution is 2.47. The van der Waals surface area contributed by atoms with Crippen LogP contribution < -0.4 is 0 Å². The minimum absolute atomic E-state index is 0.241. The number of ether oxygens (including phenoxy) is 2. The highest BCUT2D eigenvalue weighted by Gasteiger charge is 2.76. The van der Waals surface area contributed by atoms with Gasteiger partial charge in [-0.2, -0.15) is 30.7 Å². The molecule has 0 aromatic heterocycles. The maximum Gasteiger partial charge on any atom is 0.476 e. The predicted octanol–water partition coefficient (Wildman–Crippen LogP) is 2.87. The van der Waals surface area contributed by atoms with E-state index in [4.69, 9.17) is 0 Å². The topological polar surface area (TPSA) is 35.5 Å². The molecule has 0 radical (unpaired) electrons. The van der Waals surface area contributed by atoms with E-state index in [-0.39, 0.29) is 6.61 Å². The molecule has 0 N–H and O–H groups in total. The molecule has 0 heterocycles. The summed E-state index contributed by atoms with van der Waals surface area (Å²) in [6.45, 7) is 3.77. The highest BCUT2D eigenvalue weighted by atomic mass is 19.4. The molecule has 0 aliphatic heterocycles. The van der Waals surface area contributed by atoms with Crippen molar-refractivity contribution >= 4 is 5.97 Å². The van der Waals surface area contributed by atoms with Gasteiger partial charge >= 0.3 is 24.2 Å². The first-order valence-electron chi connectivity index (χ1n) is 4.24. The summed E-state index contributed by atoms with van der Waals surface area (Å²) < 4.78 is 91.6. The second kappa shape index (κ2) is 5.02. The van der Waals surface area contributed by atoms with Crippen molar-refractivity contribution in [3.63, 3.8) is 0 Å². The molecule has 0 saturated carbocycles. The molecule has 0 rings (SSSR count). The highest BCUT2D eigenvalue weighted by molar-refractivity contribution is 5.85. The van der Waals surface area contributed by atoms with Crippen LogP contribution in [-0.2, 0) is 14.3 Å². The summed E-state index contributed by atoms with van der Waals surface area (Å²) in [4.78, 5) is 10.7. The molecule has 18 heavy (non-hydrogen) atoms. The maximum atomic E-state index is 12.5. The second-order valence-electron chi connectivity index (χ2n) is 2.83. The Kier molecular flexibility index (Phi) is 4.61. The summed E-state index contributed by atoms with van der Waals surface area (Å²) in [6.07, 6.45) is -12.6. The van der Waals surface area contributed by atoms with Crippen LogP contribution in [0.15, 0.2) is 12.3 Å². The molecular weight excluding hydrogens is 277 g/mol. The van der Waals surface area contributed by atoms with Gasteiger partial charge in [0, 0.05) is 0 Å². The average Bonchev–Trinajstić information content (AvgIpc) is 2.15. The summed E-state index contributed by atoms with van der Waals surface area (Å²) in [5, 5.41) is 0. The minimum Gasteiger partial charge on any atom is -0.487 e. The normalized spacial score (nSPS) is 13.1. The number of hydrogen-bond acceptors (Lipinski definition) is 3. The van der Waals surface area contributed by atoms with E-state index in [1.165, 1.54) is 6.92 Å². The van der Waals surface area contributed by atoms with Gasteiger partial charge in [0.25, 0.3) is 0 Å². The number of carbonyl (C=O) groups excluding carboxylic acids is 1. The van der Waals surface area contributed by atoms with Crippen LogP contribution in [-0.4, -0.2) is 30.8 Å². The Morgan fingerprint density at radius 2 is 1.56 bits per heavy atom. The van der Waals surface area contributed by atoms with Gasteiger partial charge < -0.3 is 9.47 Å². The van der Waals surface area contributed by atoms with Crippen LogP contribution in [0.5, 0.6) is 0 Å². The summed E-state index contributed by atoms with van der Waals surface area (Å²) in [6, 6.07) is 0. The van der Waals surface area contributed by atoms with Crippen molar-refractivity contribution in [1.82, 2.24) is 0 Å². The molecule has 3 nitrogen and oxygen atoms in total. The molecule has 0 atom stereocenters. The molecule has 0 saturated heterocycles. The fraction of sp³-hybridized carbons (Fsp3) is 0.625. The van der Waals surface area contributed by atoms with Gasteiger partial charge in [-0.05, 0) is 13.5 Å². The van der Waals surface area contributed by atoms with E-state index >= 15 is 0 Å². The van der Waals surface area contributed by atoms with Crippen molar-refractivity contribution in [2.24, 2.45) is 0 Å². The van der Waals surface area contributed by atoms with E-state index in [1.54, 1.807) is 0 Å². The van der Waals surface area contributed by atoms with E-state index in [1.807, 2.05) is 0 Å². The Morgan fingerprint density at radius 1 is 1.11 bits per heavy atom. The monoisotopic (exact) mass is 284 g/mol. The second-order valence-corrected chi connectivity index (χ2v) is 2.83. The predicted molar refractivity (Wildman–Crippen MR) is 42.8 cm³/mol. The summed E-state index contributed by atoms with van der Waals surface area (Å²) in [7, 11) is 0. The van der Waals surface area contributed by atoms with E-state index in [0.717, 1.165) is 0 Å². The van der Waals surface area contributed by atoms with E-state index in [2.05, 4.69) is 16.1 Å². The van der Waals surface area contributed by atoms with Gasteiger partial charge in [0.05, 0.1) is 6.61 Å². The van der Waals surface area contributed by atoms with Gasteiger partial charge in [-0.15, -0.1) is 0 Å². The molecule has 0 unspecified atom stereocenters. The van der Waals surface area contributed by atoms with Crippen LogP contribution in [0.2, 0.25) is 0 Å². The fourth-order valence-electron chi connectivity index (χ4n) is 0.636. The molecular formula is C8H7F7O3. The number of alkyl halides is 7. The van der Waals surface area contributed by atoms with E-state index in [9.17, 15) is 35.5 Å². The molecule has 0 amide bonds. The smallest absolute Gasteiger partial charge is 0.476 e. The van der Waals surface area contributed by atoms with Crippen molar-refractivity contribution in [2.45, 2.75) is 25.1 Å². The summed E-state index contributed by atoms with van der Waals surface area (Å²) >= 11 is 0. The zero-order valence-corrected chi connectivity index (χ0v) is 8.78. The Morgan fingerprint density at radius 3 is 1.89 bits per heavy atom. The zero-order chi connectivity index (χ0) is 14.8. The van der Waals surface area contributed by atoms with Crippen molar-refractivity contribution in [1.29, 1.82) is 0 Å². The van der Waals surface area contributed by atoms with Crippen molar-refractivity contribution in [2.75, 3.05) is 6.61 Å². The standard InChI is InChI=1S/C8H7F7O3/c1-3-17-4(2)5(16)18-8(14,15)6(9,10)7(11,12)13/h2-3H2,1H3. The van der Waals surface area contributed by atoms with Crippen molar-refractivity contribution < 1.29 is 45.0 Å². The van der Waals surface area contributed by atoms with E-state index < -0.39 is 29.9 Å². The van der Waals surface area contributed by atoms with Crippen LogP contribution >= 0.6 is 0 Å². The Bertz CT molecular complexity index is 334. The van der Waals surface area contributed by atoms with Gasteiger partial charge in [-0.1, -0.05) is 0 Å². The minimum atomic E-state index is -6.58. The van der Waals surface area contributed by atoms with Crippen LogP contribution in [0.25, 0.3) is 0 Å². The van der Waals surface area contributed by atoms with Gasteiger partial charge in [-0.3, -0.25) is 0 Å². The lowest BCUT2D eigenvalue weighted by molar-refractivity contribution is -0.412. The molecule has 0 fully saturated rings. The van der Waals surface area contributed by atoms with Crippen molar-refractivity contribution in [3.05, 3.63) is 12.3 Å². The molecule has 0 aliphatic rings. The van der Waals surface area contributed by atoms with Crippen LogP contribution in [0.3, 0.4) is 0 Å².